The number of fused-ring (bicyclic) bond motifs is 1. The van der Waals surface area contributed by atoms with E-state index in [0.717, 1.165) is 16.7 Å². The van der Waals surface area contributed by atoms with Crippen LogP contribution in [0.5, 0.6) is 5.75 Å². The first kappa shape index (κ1) is 24.9. The number of hydrogen-bond acceptors (Lipinski definition) is 6. The van der Waals surface area contributed by atoms with Crippen LogP contribution in [-0.2, 0) is 5.41 Å². The number of nitro groups is 1. The van der Waals surface area contributed by atoms with Crippen molar-refractivity contribution in [1.82, 2.24) is 0 Å². The van der Waals surface area contributed by atoms with E-state index in [4.69, 9.17) is 9.15 Å². The zero-order valence-electron chi connectivity index (χ0n) is 20.9. The third kappa shape index (κ3) is 4.91. The van der Waals surface area contributed by atoms with Crippen LogP contribution in [0, 0.1) is 24.0 Å². The highest BCUT2D eigenvalue weighted by Crippen LogP contribution is 2.33. The number of benzene rings is 3. The molecule has 0 saturated heterocycles. The maximum absolute atomic E-state index is 13.5. The molecule has 36 heavy (non-hydrogen) atoms. The van der Waals surface area contributed by atoms with E-state index < -0.39 is 17.3 Å². The molecule has 0 spiro atoms. The maximum Gasteiger partial charge on any atom is 0.269 e. The molecule has 1 heterocycles. The average molecular weight is 486 g/mol. The van der Waals surface area contributed by atoms with Crippen molar-refractivity contribution in [2.75, 3.05) is 6.61 Å². The van der Waals surface area contributed by atoms with E-state index >= 15 is 0 Å². The van der Waals surface area contributed by atoms with E-state index in [2.05, 4.69) is 20.8 Å². The number of non-ortho nitro benzene ring substituents is 1. The Hall–Kier alpha value is -4.26. The zero-order chi connectivity index (χ0) is 26.2. The minimum Gasteiger partial charge on any atom is -0.478 e. The summed E-state index contributed by atoms with van der Waals surface area (Å²) >= 11 is 0. The van der Waals surface area contributed by atoms with Crippen LogP contribution in [0.25, 0.3) is 22.3 Å². The Morgan fingerprint density at radius 1 is 0.972 bits per heavy atom. The molecule has 4 aromatic rings. The number of rotatable bonds is 6. The number of Topliss-reactive ketones (excluding diaryl/α,β-unsaturated/α-hetero) is 1. The third-order valence-corrected chi connectivity index (χ3v) is 6.23. The fraction of sp³-hybridized carbons (Fsp3) is 0.241. The second-order valence-corrected chi connectivity index (χ2v) is 9.87. The second-order valence-electron chi connectivity index (χ2n) is 9.87. The number of nitrogens with zero attached hydrogens (tertiary/aromatic N) is 1. The summed E-state index contributed by atoms with van der Waals surface area (Å²) in [6.45, 7) is 9.77. The fourth-order valence-corrected chi connectivity index (χ4v) is 3.87. The molecule has 0 N–H and O–H groups in total. The lowest BCUT2D eigenvalue weighted by Gasteiger charge is -2.19. The summed E-state index contributed by atoms with van der Waals surface area (Å²) in [6.07, 6.45) is 0. The van der Waals surface area contributed by atoms with Crippen LogP contribution in [0.1, 0.15) is 47.8 Å². The molecule has 0 aliphatic heterocycles. The molecule has 0 saturated carbocycles. The van der Waals surface area contributed by atoms with Crippen LogP contribution in [-0.4, -0.2) is 17.3 Å². The van der Waals surface area contributed by atoms with Gasteiger partial charge in [0.05, 0.1) is 10.3 Å². The van der Waals surface area contributed by atoms with Crippen molar-refractivity contribution in [3.8, 4) is 17.1 Å². The van der Waals surface area contributed by atoms with E-state index in [9.17, 15) is 19.7 Å². The van der Waals surface area contributed by atoms with Gasteiger partial charge in [-0.15, -0.1) is 0 Å². The Labute approximate surface area is 208 Å². The lowest BCUT2D eigenvalue weighted by atomic mass is 9.86. The summed E-state index contributed by atoms with van der Waals surface area (Å²) in [6, 6.07) is 16.5. The van der Waals surface area contributed by atoms with Gasteiger partial charge in [-0.25, -0.2) is 0 Å². The van der Waals surface area contributed by atoms with Gasteiger partial charge in [-0.3, -0.25) is 19.7 Å². The monoisotopic (exact) mass is 485 g/mol. The highest BCUT2D eigenvalue weighted by atomic mass is 16.6. The Balaban J connectivity index is 1.76. The Morgan fingerprint density at radius 3 is 2.17 bits per heavy atom. The van der Waals surface area contributed by atoms with Crippen LogP contribution in [0.15, 0.2) is 69.9 Å². The number of aryl methyl sites for hydroxylation is 2. The summed E-state index contributed by atoms with van der Waals surface area (Å²) in [4.78, 5) is 36.6. The summed E-state index contributed by atoms with van der Waals surface area (Å²) in [7, 11) is 0. The minimum absolute atomic E-state index is 0.0477. The molecule has 0 amide bonds. The van der Waals surface area contributed by atoms with Gasteiger partial charge in [0.25, 0.3) is 5.69 Å². The van der Waals surface area contributed by atoms with Crippen molar-refractivity contribution in [3.05, 3.63) is 103 Å². The number of nitro benzene ring substituents is 1. The number of hydrogen-bond donors (Lipinski definition) is 0. The van der Waals surface area contributed by atoms with Gasteiger partial charge in [-0.2, -0.15) is 0 Å². The second kappa shape index (κ2) is 9.41. The van der Waals surface area contributed by atoms with E-state index in [0.29, 0.717) is 16.5 Å². The molecule has 7 heteroatoms. The van der Waals surface area contributed by atoms with E-state index in [1.807, 2.05) is 44.2 Å². The third-order valence-electron chi connectivity index (χ3n) is 6.23. The lowest BCUT2D eigenvalue weighted by Crippen LogP contribution is -2.17. The smallest absolute Gasteiger partial charge is 0.269 e. The zero-order valence-corrected chi connectivity index (χ0v) is 20.9. The molecular weight excluding hydrogens is 458 g/mol. The number of carbonyl (C=O) groups excluding carboxylic acids is 1. The van der Waals surface area contributed by atoms with E-state index in [-0.39, 0.29) is 33.6 Å². The molecule has 4 rings (SSSR count). The van der Waals surface area contributed by atoms with Gasteiger partial charge in [0.15, 0.2) is 18.2 Å². The molecule has 0 radical (unpaired) electrons. The molecular formula is C29H27NO6. The normalized spacial score (nSPS) is 11.5. The van der Waals surface area contributed by atoms with Crippen molar-refractivity contribution < 1.29 is 18.9 Å². The molecule has 3 aromatic carbocycles. The largest absolute Gasteiger partial charge is 0.478 e. The number of ether oxygens (including phenoxy) is 1. The van der Waals surface area contributed by atoms with E-state index in [1.54, 1.807) is 6.07 Å². The van der Waals surface area contributed by atoms with Crippen molar-refractivity contribution in [2.45, 2.75) is 40.0 Å². The van der Waals surface area contributed by atoms with Gasteiger partial charge in [-0.05, 0) is 60.2 Å². The van der Waals surface area contributed by atoms with Crippen molar-refractivity contribution in [3.63, 3.8) is 0 Å². The summed E-state index contributed by atoms with van der Waals surface area (Å²) in [5.74, 6) is -0.226. The molecule has 0 bridgehead atoms. The SMILES string of the molecule is Cc1cc2oc(-c3ccc(C(C)(C)C)cc3)c(OCC(=O)c3ccc([N+](=O)[O-])cc3)c(=O)c2cc1C. The topological polar surface area (TPSA) is 99.7 Å². The first-order valence-electron chi connectivity index (χ1n) is 11.5. The predicted octanol–water partition coefficient (Wildman–Crippen LogP) is 6.54. The highest BCUT2D eigenvalue weighted by molar-refractivity contribution is 5.97. The molecule has 1 aromatic heterocycles. The van der Waals surface area contributed by atoms with Gasteiger partial charge in [0.2, 0.25) is 11.2 Å². The van der Waals surface area contributed by atoms with Gasteiger partial charge in [0, 0.05) is 23.3 Å². The molecule has 184 valence electrons. The molecule has 0 aliphatic rings. The highest BCUT2D eigenvalue weighted by Gasteiger charge is 2.21. The van der Waals surface area contributed by atoms with E-state index in [1.165, 1.54) is 24.3 Å². The Bertz CT molecular complexity index is 1520. The first-order chi connectivity index (χ1) is 17.0. The van der Waals surface area contributed by atoms with Gasteiger partial charge in [0.1, 0.15) is 5.58 Å². The van der Waals surface area contributed by atoms with Gasteiger partial charge in [-0.1, -0.05) is 45.0 Å². The van der Waals surface area contributed by atoms with Crippen molar-refractivity contribution >= 4 is 22.4 Å². The Kier molecular flexibility index (Phi) is 6.50. The molecule has 7 nitrogen and oxygen atoms in total. The molecule has 0 unspecified atom stereocenters. The summed E-state index contributed by atoms with van der Waals surface area (Å²) in [5.41, 5.74) is 3.84. The maximum atomic E-state index is 13.5. The Morgan fingerprint density at radius 2 is 1.58 bits per heavy atom. The summed E-state index contributed by atoms with van der Waals surface area (Å²) in [5, 5.41) is 11.2. The van der Waals surface area contributed by atoms with Crippen molar-refractivity contribution in [2.24, 2.45) is 0 Å². The first-order valence-corrected chi connectivity index (χ1v) is 11.5. The number of carbonyl (C=O) groups is 1. The van der Waals surface area contributed by atoms with Crippen LogP contribution in [0.2, 0.25) is 0 Å². The predicted molar refractivity (Wildman–Crippen MR) is 139 cm³/mol. The van der Waals surface area contributed by atoms with Crippen LogP contribution in [0.4, 0.5) is 5.69 Å². The standard InChI is InChI=1S/C29H27NO6/c1-17-14-23-25(15-18(17)2)36-27(20-6-10-21(11-7-20)29(3,4)5)28(26(23)32)35-16-24(31)19-8-12-22(13-9-19)30(33)34/h6-15H,16H2,1-5H3. The van der Waals surface area contributed by atoms with Crippen molar-refractivity contribution in [1.29, 1.82) is 0 Å². The average Bonchev–Trinajstić information content (AvgIpc) is 2.84. The quantitative estimate of drug-likeness (QED) is 0.175. The molecule has 0 aliphatic carbocycles. The lowest BCUT2D eigenvalue weighted by molar-refractivity contribution is -0.384. The molecule has 0 atom stereocenters. The summed E-state index contributed by atoms with van der Waals surface area (Å²) < 4.78 is 12.0. The molecule has 0 fully saturated rings. The number of ketones is 1. The van der Waals surface area contributed by atoms with Gasteiger partial charge >= 0.3 is 0 Å². The van der Waals surface area contributed by atoms with Gasteiger partial charge < -0.3 is 9.15 Å². The van der Waals surface area contributed by atoms with Crippen LogP contribution < -0.4 is 10.2 Å². The minimum atomic E-state index is -0.536. The fourth-order valence-electron chi connectivity index (χ4n) is 3.87. The van der Waals surface area contributed by atoms with Crippen LogP contribution in [0.3, 0.4) is 0 Å². The van der Waals surface area contributed by atoms with Crippen LogP contribution >= 0.6 is 0 Å².